The van der Waals surface area contributed by atoms with Gasteiger partial charge in [-0.3, -0.25) is 0 Å². The van der Waals surface area contributed by atoms with E-state index >= 15 is 0 Å². The molecule has 2 aromatic carbocycles. The number of esters is 1. The quantitative estimate of drug-likeness (QED) is 0.210. The molecule has 2 aromatic heterocycles. The summed E-state index contributed by atoms with van der Waals surface area (Å²) in [5.41, 5.74) is 1.22. The van der Waals surface area contributed by atoms with E-state index in [4.69, 9.17) is 39.5 Å². The van der Waals surface area contributed by atoms with Gasteiger partial charge < -0.3 is 0 Å². The zero-order chi connectivity index (χ0) is 20.8. The normalized spacial score (nSPS) is 11.8. The molecule has 9 heteroatoms. The molecule has 0 radical (unpaired) electrons. The first-order chi connectivity index (χ1) is 13.8. The van der Waals surface area contributed by atoms with E-state index in [0.29, 0.717) is 20.0 Å². The van der Waals surface area contributed by atoms with Crippen LogP contribution in [-0.2, 0) is 4.74 Å². The Morgan fingerprint density at radius 3 is 1.86 bits per heavy atom. The second-order valence-corrected chi connectivity index (χ2v) is 13.0. The molecule has 0 amide bonds. The van der Waals surface area contributed by atoms with Crippen molar-refractivity contribution in [3.05, 3.63) is 57.4 Å². The molecule has 0 aliphatic heterocycles. The topological polar surface area (TPSA) is 63.6 Å². The number of halogens is 3. The first-order valence-corrected chi connectivity index (χ1v) is 12.8. The van der Waals surface area contributed by atoms with Crippen molar-refractivity contribution in [2.75, 3.05) is 6.61 Å². The number of benzene rings is 2. The Kier molecular flexibility index (Phi) is 5.89. The average molecular weight is 580 g/mol. The minimum absolute atomic E-state index is 0.327. The average Bonchev–Trinajstić information content (AvgIpc) is 3.23. The fraction of sp³-hybridized carbons (Fsp3) is 0.100. The monoisotopic (exact) mass is 580 g/mol. The summed E-state index contributed by atoms with van der Waals surface area (Å²) < 4.78 is 6.27. The molecule has 0 saturated heterocycles. The standard InChI is InChI=1S/C20H11Cl3O4Se2/c21-20(22,23)9-27-19(26)17-15(11-6-2-4-8-13(11)29-17)14-10-5-1-3-7-12(10)28-16(14)18(24)25/h1-8H,9H2,(H,24,25). The van der Waals surface area contributed by atoms with Crippen LogP contribution in [0.5, 0.6) is 0 Å². The summed E-state index contributed by atoms with van der Waals surface area (Å²) in [6.45, 7) is -0.384. The van der Waals surface area contributed by atoms with Crippen molar-refractivity contribution >= 4 is 95.0 Å². The van der Waals surface area contributed by atoms with E-state index in [0.717, 1.165) is 19.3 Å². The Morgan fingerprint density at radius 1 is 0.862 bits per heavy atom. The molecule has 4 aromatic rings. The molecular formula is C20H11Cl3O4Se2. The first-order valence-electron chi connectivity index (χ1n) is 8.27. The van der Waals surface area contributed by atoms with E-state index in [1.165, 1.54) is 0 Å². The molecule has 4 nitrogen and oxygen atoms in total. The third kappa shape index (κ3) is 4.17. The van der Waals surface area contributed by atoms with Crippen LogP contribution in [0.2, 0.25) is 0 Å². The fourth-order valence-corrected chi connectivity index (χ4v) is 7.77. The van der Waals surface area contributed by atoms with Gasteiger partial charge in [0.25, 0.3) is 0 Å². The zero-order valence-corrected chi connectivity index (χ0v) is 20.1. The first kappa shape index (κ1) is 21.0. The van der Waals surface area contributed by atoms with Crippen molar-refractivity contribution in [3.8, 4) is 11.1 Å². The summed E-state index contributed by atoms with van der Waals surface area (Å²) in [7, 11) is 0. The molecule has 2 heterocycles. The predicted molar refractivity (Wildman–Crippen MR) is 118 cm³/mol. The van der Waals surface area contributed by atoms with Gasteiger partial charge in [0.1, 0.15) is 0 Å². The number of hydrogen-bond donors (Lipinski definition) is 1. The number of hydrogen-bond acceptors (Lipinski definition) is 3. The summed E-state index contributed by atoms with van der Waals surface area (Å²) in [6, 6.07) is 15.2. The number of ether oxygens (including phenoxy) is 1. The third-order valence-corrected chi connectivity index (χ3v) is 9.36. The van der Waals surface area contributed by atoms with Crippen LogP contribution in [0.4, 0.5) is 0 Å². The Bertz CT molecular complexity index is 1250. The summed E-state index contributed by atoms with van der Waals surface area (Å²) >= 11 is 16.5. The Labute approximate surface area is 192 Å². The van der Waals surface area contributed by atoms with Crippen molar-refractivity contribution in [1.29, 1.82) is 0 Å². The van der Waals surface area contributed by atoms with E-state index < -0.39 is 15.7 Å². The number of fused-ring (bicyclic) bond motifs is 2. The molecule has 0 bridgehead atoms. The van der Waals surface area contributed by atoms with Crippen LogP contribution in [0.3, 0.4) is 0 Å². The van der Waals surface area contributed by atoms with Crippen LogP contribution in [0.25, 0.3) is 30.4 Å². The molecule has 0 aliphatic rings. The number of alkyl halides is 3. The molecule has 0 fully saturated rings. The summed E-state index contributed by atoms with van der Waals surface area (Å²) in [6.07, 6.45) is 0. The number of rotatable bonds is 4. The second-order valence-electron chi connectivity index (χ2n) is 6.10. The molecule has 4 rings (SSSR count). The molecule has 1 N–H and O–H groups in total. The van der Waals surface area contributed by atoms with Gasteiger partial charge in [-0.1, -0.05) is 0 Å². The van der Waals surface area contributed by atoms with E-state index in [-0.39, 0.29) is 35.6 Å². The van der Waals surface area contributed by atoms with Gasteiger partial charge >= 0.3 is 193 Å². The molecule has 0 atom stereocenters. The van der Waals surface area contributed by atoms with Gasteiger partial charge in [-0.15, -0.1) is 0 Å². The third-order valence-electron chi connectivity index (χ3n) is 4.19. The van der Waals surface area contributed by atoms with Crippen molar-refractivity contribution in [2.45, 2.75) is 3.79 Å². The van der Waals surface area contributed by atoms with Crippen LogP contribution >= 0.6 is 34.8 Å². The summed E-state index contributed by atoms with van der Waals surface area (Å²) in [4.78, 5) is 25.0. The molecule has 0 aliphatic carbocycles. The Hall–Kier alpha value is -1.23. The van der Waals surface area contributed by atoms with Gasteiger partial charge in [-0.2, -0.15) is 0 Å². The predicted octanol–water partition coefficient (Wildman–Crippen LogP) is 5.00. The number of aromatic carboxylic acids is 1. The van der Waals surface area contributed by atoms with Crippen LogP contribution in [0, 0.1) is 0 Å². The van der Waals surface area contributed by atoms with Crippen LogP contribution in [0.15, 0.2) is 48.5 Å². The maximum absolute atomic E-state index is 12.9. The number of carboxylic acids is 1. The van der Waals surface area contributed by atoms with E-state index in [1.54, 1.807) is 0 Å². The van der Waals surface area contributed by atoms with Crippen LogP contribution < -0.4 is 0 Å². The SMILES string of the molecule is O=C(O)c1[se]c2ccccc2c1-c1c(C(=O)OCC(Cl)(Cl)Cl)[se]c2ccccc12. The van der Waals surface area contributed by atoms with Crippen molar-refractivity contribution in [1.82, 2.24) is 0 Å². The van der Waals surface area contributed by atoms with Gasteiger partial charge in [-0.25, -0.2) is 0 Å². The van der Waals surface area contributed by atoms with Crippen molar-refractivity contribution in [3.63, 3.8) is 0 Å². The van der Waals surface area contributed by atoms with E-state index in [2.05, 4.69) is 0 Å². The second kappa shape index (κ2) is 8.13. The Morgan fingerprint density at radius 2 is 1.34 bits per heavy atom. The minimum atomic E-state index is -1.72. The molecule has 0 unspecified atom stereocenters. The van der Waals surface area contributed by atoms with Crippen LogP contribution in [0.1, 0.15) is 18.5 Å². The number of carbonyl (C=O) groups is 2. The Balaban J connectivity index is 1.99. The zero-order valence-electron chi connectivity index (χ0n) is 14.4. The van der Waals surface area contributed by atoms with Gasteiger partial charge in [-0.05, 0) is 0 Å². The van der Waals surface area contributed by atoms with Gasteiger partial charge in [0, 0.05) is 0 Å². The van der Waals surface area contributed by atoms with E-state index in [1.807, 2.05) is 48.5 Å². The number of carbonyl (C=O) groups excluding carboxylic acids is 1. The summed E-state index contributed by atoms with van der Waals surface area (Å²) in [5, 5.41) is 11.6. The van der Waals surface area contributed by atoms with E-state index in [9.17, 15) is 14.7 Å². The molecule has 0 saturated carbocycles. The molecule has 29 heavy (non-hydrogen) atoms. The number of carboxylic acid groups (broad SMARTS) is 1. The van der Waals surface area contributed by atoms with Crippen LogP contribution in [-0.4, -0.2) is 56.5 Å². The molecular weight excluding hydrogens is 568 g/mol. The van der Waals surface area contributed by atoms with Gasteiger partial charge in [0.2, 0.25) is 0 Å². The molecule has 0 spiro atoms. The summed E-state index contributed by atoms with van der Waals surface area (Å²) in [5.74, 6) is -1.56. The van der Waals surface area contributed by atoms with Crippen molar-refractivity contribution < 1.29 is 19.4 Å². The van der Waals surface area contributed by atoms with Gasteiger partial charge in [0.15, 0.2) is 0 Å². The maximum atomic E-state index is 12.9. The van der Waals surface area contributed by atoms with Gasteiger partial charge in [0.05, 0.1) is 0 Å². The van der Waals surface area contributed by atoms with Crippen molar-refractivity contribution in [2.24, 2.45) is 0 Å². The molecule has 148 valence electrons. The fourth-order valence-electron chi connectivity index (χ4n) is 3.09.